The van der Waals surface area contributed by atoms with E-state index in [1.54, 1.807) is 10.4 Å². The van der Waals surface area contributed by atoms with Crippen molar-refractivity contribution in [1.29, 1.82) is 0 Å². The summed E-state index contributed by atoms with van der Waals surface area (Å²) in [5.74, 6) is 0. The maximum Gasteiger partial charge on any atom is 0.0245 e. The number of hydrogen-bond acceptors (Lipinski definition) is 2. The molecule has 0 atom stereocenters. The molecule has 1 aliphatic heterocycles. The number of hydrogen-bond donors (Lipinski definition) is 0. The molecule has 1 saturated carbocycles. The van der Waals surface area contributed by atoms with Crippen LogP contribution >= 0.6 is 27.3 Å². The van der Waals surface area contributed by atoms with Gasteiger partial charge < -0.3 is 0 Å². The Morgan fingerprint density at radius 3 is 3.00 bits per heavy atom. The number of alkyl halides is 1. The maximum atomic E-state index is 3.71. The summed E-state index contributed by atoms with van der Waals surface area (Å²) in [6.07, 6.45) is 5.55. The van der Waals surface area contributed by atoms with Crippen molar-refractivity contribution < 1.29 is 0 Å². The molecule has 2 aliphatic rings. The molecule has 1 fully saturated rings. The predicted molar refractivity (Wildman–Crippen MR) is 73.4 cm³/mol. The van der Waals surface area contributed by atoms with Gasteiger partial charge in [0.25, 0.3) is 0 Å². The monoisotopic (exact) mass is 299 g/mol. The second-order valence-corrected chi connectivity index (χ2v) is 6.88. The fraction of sp³-hybridized carbons (Fsp3) is 0.692. The van der Waals surface area contributed by atoms with Gasteiger partial charge in [0, 0.05) is 29.8 Å². The molecule has 3 heteroatoms. The minimum absolute atomic E-state index is 0.605. The van der Waals surface area contributed by atoms with Gasteiger partial charge >= 0.3 is 0 Å². The lowest BCUT2D eigenvalue weighted by Crippen LogP contribution is -2.45. The van der Waals surface area contributed by atoms with Crippen LogP contribution in [0.25, 0.3) is 0 Å². The molecular formula is C13H18BrNS. The summed E-state index contributed by atoms with van der Waals surface area (Å²) in [5.41, 5.74) is 2.19. The van der Waals surface area contributed by atoms with Crippen molar-refractivity contribution in [3.05, 3.63) is 21.9 Å². The van der Waals surface area contributed by atoms with Crippen LogP contribution in [0.3, 0.4) is 0 Å². The molecule has 0 saturated heterocycles. The van der Waals surface area contributed by atoms with Crippen molar-refractivity contribution in [1.82, 2.24) is 4.90 Å². The van der Waals surface area contributed by atoms with Gasteiger partial charge in [-0.3, -0.25) is 4.90 Å². The minimum atomic E-state index is 0.605. The largest absolute Gasteiger partial charge is 0.298 e. The van der Waals surface area contributed by atoms with Gasteiger partial charge in [-0.2, -0.15) is 0 Å². The van der Waals surface area contributed by atoms with E-state index in [0.29, 0.717) is 5.41 Å². The lowest BCUT2D eigenvalue weighted by molar-refractivity contribution is 0.0841. The Kier molecular flexibility index (Phi) is 3.11. The predicted octanol–water partition coefficient (Wildman–Crippen LogP) is 3.67. The molecule has 1 nitrogen and oxygen atoms in total. The number of nitrogens with zero attached hydrogens (tertiary/aromatic N) is 1. The molecule has 1 aromatic heterocycles. The first-order valence-electron chi connectivity index (χ1n) is 6.15. The number of thiophene rings is 1. The number of halogens is 1. The third-order valence-electron chi connectivity index (χ3n) is 4.14. The molecule has 0 bridgehead atoms. The number of rotatable bonds is 3. The topological polar surface area (TPSA) is 3.24 Å². The second-order valence-electron chi connectivity index (χ2n) is 5.32. The highest BCUT2D eigenvalue weighted by Gasteiger charge is 2.37. The molecule has 0 unspecified atom stereocenters. The Balaban J connectivity index is 1.65. The van der Waals surface area contributed by atoms with E-state index >= 15 is 0 Å². The quantitative estimate of drug-likeness (QED) is 0.770. The highest BCUT2D eigenvalue weighted by molar-refractivity contribution is 9.09. The van der Waals surface area contributed by atoms with Crippen LogP contribution in [0.1, 0.15) is 29.7 Å². The molecule has 0 aromatic carbocycles. The fourth-order valence-electron chi connectivity index (χ4n) is 2.93. The van der Waals surface area contributed by atoms with Gasteiger partial charge in [0.2, 0.25) is 0 Å². The van der Waals surface area contributed by atoms with Gasteiger partial charge in [0.05, 0.1) is 0 Å². The average Bonchev–Trinajstić information content (AvgIpc) is 2.70. The molecule has 1 aromatic rings. The molecule has 1 aliphatic carbocycles. The van der Waals surface area contributed by atoms with E-state index in [0.717, 1.165) is 0 Å². The summed E-state index contributed by atoms with van der Waals surface area (Å²) in [7, 11) is 0. The van der Waals surface area contributed by atoms with Gasteiger partial charge in [0.15, 0.2) is 0 Å². The summed E-state index contributed by atoms with van der Waals surface area (Å²) in [6, 6.07) is 2.31. The first-order valence-corrected chi connectivity index (χ1v) is 8.15. The fourth-order valence-corrected chi connectivity index (χ4v) is 4.55. The van der Waals surface area contributed by atoms with Crippen molar-refractivity contribution in [2.24, 2.45) is 5.41 Å². The maximum absolute atomic E-state index is 3.71. The smallest absolute Gasteiger partial charge is 0.0245 e. The molecule has 16 heavy (non-hydrogen) atoms. The summed E-state index contributed by atoms with van der Waals surface area (Å²) in [6.45, 7) is 3.75. The number of fused-ring (bicyclic) bond motifs is 1. The lowest BCUT2D eigenvalue weighted by Gasteiger charge is -2.45. The standard InChI is InChI=1S/C13H18BrNS/c14-9-13(4-1-5-13)10-15-6-2-12-11(8-15)3-7-16-12/h3,7H,1-2,4-6,8-10H2. The summed E-state index contributed by atoms with van der Waals surface area (Å²) in [5, 5.41) is 3.44. The van der Waals surface area contributed by atoms with Crippen LogP contribution < -0.4 is 0 Å². The average molecular weight is 300 g/mol. The third kappa shape index (κ3) is 1.98. The lowest BCUT2D eigenvalue weighted by atomic mass is 9.70. The van der Waals surface area contributed by atoms with Crippen LogP contribution in [0.4, 0.5) is 0 Å². The minimum Gasteiger partial charge on any atom is -0.298 e. The van der Waals surface area contributed by atoms with E-state index in [4.69, 9.17) is 0 Å². The molecule has 3 rings (SSSR count). The van der Waals surface area contributed by atoms with Gasteiger partial charge in [-0.1, -0.05) is 22.4 Å². The normalized spacial score (nSPS) is 23.8. The van der Waals surface area contributed by atoms with Crippen molar-refractivity contribution in [3.63, 3.8) is 0 Å². The van der Waals surface area contributed by atoms with Gasteiger partial charge in [-0.15, -0.1) is 11.3 Å². The highest BCUT2D eigenvalue weighted by Crippen LogP contribution is 2.43. The van der Waals surface area contributed by atoms with E-state index < -0.39 is 0 Å². The zero-order chi connectivity index (χ0) is 11.0. The van der Waals surface area contributed by atoms with Crippen LogP contribution in [0.5, 0.6) is 0 Å². The van der Waals surface area contributed by atoms with Gasteiger partial charge in [0.1, 0.15) is 0 Å². The van der Waals surface area contributed by atoms with Crippen molar-refractivity contribution in [2.45, 2.75) is 32.2 Å². The van der Waals surface area contributed by atoms with Crippen LogP contribution in [0, 0.1) is 5.41 Å². The van der Waals surface area contributed by atoms with Crippen LogP contribution in [-0.4, -0.2) is 23.3 Å². The Morgan fingerprint density at radius 2 is 2.31 bits per heavy atom. The van der Waals surface area contributed by atoms with Crippen LogP contribution in [-0.2, 0) is 13.0 Å². The zero-order valence-corrected chi connectivity index (χ0v) is 11.9. The van der Waals surface area contributed by atoms with Crippen molar-refractivity contribution >= 4 is 27.3 Å². The molecule has 2 heterocycles. The molecule has 0 radical (unpaired) electrons. The first kappa shape index (κ1) is 11.2. The molecule has 0 N–H and O–H groups in total. The summed E-state index contributed by atoms with van der Waals surface area (Å²) >= 11 is 5.64. The third-order valence-corrected chi connectivity index (χ3v) is 6.36. The highest BCUT2D eigenvalue weighted by atomic mass is 79.9. The Hall–Kier alpha value is 0.140. The van der Waals surface area contributed by atoms with Crippen LogP contribution in [0.2, 0.25) is 0 Å². The zero-order valence-electron chi connectivity index (χ0n) is 9.54. The Labute approximate surface area is 110 Å². The Morgan fingerprint density at radius 1 is 1.44 bits per heavy atom. The van der Waals surface area contributed by atoms with E-state index in [-0.39, 0.29) is 0 Å². The van der Waals surface area contributed by atoms with Crippen molar-refractivity contribution in [2.75, 3.05) is 18.4 Å². The SMILES string of the molecule is BrCC1(CN2CCc3sccc3C2)CCC1. The molecule has 0 spiro atoms. The molecular weight excluding hydrogens is 282 g/mol. The Bertz CT molecular complexity index is 364. The van der Waals surface area contributed by atoms with E-state index in [9.17, 15) is 0 Å². The van der Waals surface area contributed by atoms with Gasteiger partial charge in [-0.25, -0.2) is 0 Å². The van der Waals surface area contributed by atoms with E-state index in [1.807, 2.05) is 11.3 Å². The molecule has 0 amide bonds. The molecule has 88 valence electrons. The first-order chi connectivity index (χ1) is 7.81. The van der Waals surface area contributed by atoms with E-state index in [2.05, 4.69) is 32.3 Å². The summed E-state index contributed by atoms with van der Waals surface area (Å²) in [4.78, 5) is 4.29. The van der Waals surface area contributed by atoms with Crippen LogP contribution in [0.15, 0.2) is 11.4 Å². The van der Waals surface area contributed by atoms with Crippen molar-refractivity contribution in [3.8, 4) is 0 Å². The summed E-state index contributed by atoms with van der Waals surface area (Å²) < 4.78 is 0. The van der Waals surface area contributed by atoms with E-state index in [1.165, 1.54) is 50.6 Å². The second kappa shape index (κ2) is 4.43. The van der Waals surface area contributed by atoms with Gasteiger partial charge in [-0.05, 0) is 41.7 Å².